The number of carbonyl (C=O) groups is 1. The normalized spacial score (nSPS) is 18.3. The van der Waals surface area contributed by atoms with Crippen LogP contribution in [0.15, 0.2) is 30.6 Å². The Morgan fingerprint density at radius 3 is 2.67 bits per heavy atom. The summed E-state index contributed by atoms with van der Waals surface area (Å²) in [5.74, 6) is 2.30. The van der Waals surface area contributed by atoms with Crippen LogP contribution in [0, 0.1) is 6.92 Å². The molecule has 1 atom stereocenters. The molecule has 9 nitrogen and oxygen atoms in total. The van der Waals surface area contributed by atoms with E-state index in [-0.39, 0.29) is 6.04 Å². The van der Waals surface area contributed by atoms with Gasteiger partial charge in [0.1, 0.15) is 5.82 Å². The second-order valence-electron chi connectivity index (χ2n) is 10.6. The molecule has 0 spiro atoms. The number of methoxy groups -OCH3 is 2. The van der Waals surface area contributed by atoms with E-state index in [9.17, 15) is 4.79 Å². The average molecular weight is 538 g/mol. The molecule has 0 radical (unpaired) electrons. The van der Waals surface area contributed by atoms with Gasteiger partial charge in [0, 0.05) is 49.6 Å². The number of amides is 1. The summed E-state index contributed by atoms with van der Waals surface area (Å²) < 4.78 is 18.7. The van der Waals surface area contributed by atoms with Gasteiger partial charge in [-0.1, -0.05) is 13.3 Å². The monoisotopic (exact) mass is 537 g/mol. The molecule has 2 aromatic heterocycles. The minimum atomic E-state index is -0.486. The van der Waals surface area contributed by atoms with Crippen molar-refractivity contribution in [3.05, 3.63) is 42.1 Å². The number of hydrogen-bond donors (Lipinski definition) is 1. The number of rotatable bonds is 11. The van der Waals surface area contributed by atoms with Gasteiger partial charge in [-0.2, -0.15) is 0 Å². The minimum Gasteiger partial charge on any atom is -0.493 e. The first-order valence-electron chi connectivity index (χ1n) is 14.1. The molecular weight excluding hydrogens is 494 g/mol. The number of benzene rings is 1. The van der Waals surface area contributed by atoms with Crippen LogP contribution in [0.3, 0.4) is 0 Å². The Bertz CT molecular complexity index is 1250. The number of ether oxygens (including phenoxy) is 3. The van der Waals surface area contributed by atoms with Gasteiger partial charge in [-0.15, -0.1) is 0 Å². The molecule has 39 heavy (non-hydrogen) atoms. The molecule has 2 heterocycles. The van der Waals surface area contributed by atoms with Crippen LogP contribution >= 0.6 is 0 Å². The Morgan fingerprint density at radius 2 is 1.97 bits per heavy atom. The molecule has 1 aliphatic carbocycles. The van der Waals surface area contributed by atoms with Crippen molar-refractivity contribution >= 4 is 11.6 Å². The van der Waals surface area contributed by atoms with Crippen molar-refractivity contribution in [2.45, 2.75) is 77.3 Å². The number of nitrogens with zero attached hydrogens (tertiary/aromatic N) is 4. The summed E-state index contributed by atoms with van der Waals surface area (Å²) in [4.78, 5) is 24.6. The smallest absolute Gasteiger partial charge is 0.412 e. The van der Waals surface area contributed by atoms with Gasteiger partial charge >= 0.3 is 6.09 Å². The molecule has 4 rings (SSSR count). The molecule has 1 aromatic carbocycles. The molecule has 1 aliphatic rings. The Morgan fingerprint density at radius 1 is 1.21 bits per heavy atom. The number of hydrogen-bond acceptors (Lipinski definition) is 7. The van der Waals surface area contributed by atoms with Gasteiger partial charge in [0.25, 0.3) is 0 Å². The van der Waals surface area contributed by atoms with Crippen molar-refractivity contribution < 1.29 is 19.0 Å². The van der Waals surface area contributed by atoms with E-state index in [0.29, 0.717) is 23.5 Å². The van der Waals surface area contributed by atoms with E-state index in [2.05, 4.69) is 33.6 Å². The van der Waals surface area contributed by atoms with Crippen molar-refractivity contribution in [2.24, 2.45) is 0 Å². The van der Waals surface area contributed by atoms with Gasteiger partial charge in [0.2, 0.25) is 0 Å². The molecule has 0 saturated heterocycles. The molecule has 0 bridgehead atoms. The minimum absolute atomic E-state index is 0.0411. The number of imidazole rings is 1. The molecule has 212 valence electrons. The van der Waals surface area contributed by atoms with Crippen LogP contribution in [0.2, 0.25) is 0 Å². The predicted octanol–water partition coefficient (Wildman–Crippen LogP) is 5.59. The lowest BCUT2D eigenvalue weighted by molar-refractivity contribution is 0.119. The van der Waals surface area contributed by atoms with Crippen molar-refractivity contribution in [1.82, 2.24) is 24.6 Å². The lowest BCUT2D eigenvalue weighted by Crippen LogP contribution is -2.37. The summed E-state index contributed by atoms with van der Waals surface area (Å²) in [6, 6.07) is 6.21. The predicted molar refractivity (Wildman–Crippen MR) is 153 cm³/mol. The standard InChI is InChI=1S/C30H43N5O4/c1-7-8-20(2)32-30(36)39-25-14-11-23(19-26(25)38-6)27-28-21(3)31-15-16-35(28)29(33-27)22-9-12-24(13-10-22)34(4)17-18-37-5/h11,14-16,19-20,22,24H,7-10,12-13,17-18H2,1-6H3,(H,32,36)/t20-,22-,24-/m0/s1. The summed E-state index contributed by atoms with van der Waals surface area (Å²) in [6.07, 6.45) is 9.70. The Hall–Kier alpha value is -3.17. The summed E-state index contributed by atoms with van der Waals surface area (Å²) in [7, 11) is 5.53. The van der Waals surface area contributed by atoms with E-state index in [1.807, 2.05) is 38.4 Å². The van der Waals surface area contributed by atoms with E-state index in [0.717, 1.165) is 80.0 Å². The Balaban J connectivity index is 1.59. The fourth-order valence-electron chi connectivity index (χ4n) is 5.64. The Kier molecular flexibility index (Phi) is 9.80. The molecule has 1 N–H and O–H groups in total. The lowest BCUT2D eigenvalue weighted by atomic mass is 9.85. The molecule has 1 fully saturated rings. The second kappa shape index (κ2) is 13.3. The van der Waals surface area contributed by atoms with Crippen molar-refractivity contribution in [3.8, 4) is 22.8 Å². The quantitative estimate of drug-likeness (QED) is 0.341. The zero-order valence-corrected chi connectivity index (χ0v) is 24.2. The second-order valence-corrected chi connectivity index (χ2v) is 10.6. The van der Waals surface area contributed by atoms with E-state index in [1.54, 1.807) is 20.3 Å². The van der Waals surface area contributed by atoms with Gasteiger partial charge in [-0.3, -0.25) is 9.38 Å². The maximum absolute atomic E-state index is 12.4. The summed E-state index contributed by atoms with van der Waals surface area (Å²) in [5, 5.41) is 2.87. The van der Waals surface area contributed by atoms with Gasteiger partial charge in [-0.05, 0) is 71.2 Å². The highest BCUT2D eigenvalue weighted by atomic mass is 16.6. The van der Waals surface area contributed by atoms with Crippen LogP contribution < -0.4 is 14.8 Å². The zero-order chi connectivity index (χ0) is 27.9. The molecular formula is C30H43N5O4. The van der Waals surface area contributed by atoms with E-state index in [4.69, 9.17) is 19.2 Å². The van der Waals surface area contributed by atoms with Gasteiger partial charge < -0.3 is 24.4 Å². The van der Waals surface area contributed by atoms with Crippen LogP contribution in [0.1, 0.15) is 69.8 Å². The highest BCUT2D eigenvalue weighted by Gasteiger charge is 2.29. The number of likely N-dealkylation sites (N-methyl/N-ethyl adjacent to an activating group) is 1. The number of aryl methyl sites for hydroxylation is 1. The topological polar surface area (TPSA) is 90.2 Å². The highest BCUT2D eigenvalue weighted by Crippen LogP contribution is 2.39. The van der Waals surface area contributed by atoms with Crippen LogP contribution in [0.25, 0.3) is 16.8 Å². The third-order valence-corrected chi connectivity index (χ3v) is 7.82. The van der Waals surface area contributed by atoms with Crippen LogP contribution in [-0.2, 0) is 4.74 Å². The van der Waals surface area contributed by atoms with Crippen molar-refractivity contribution in [2.75, 3.05) is 34.4 Å². The zero-order valence-electron chi connectivity index (χ0n) is 24.2. The van der Waals surface area contributed by atoms with Crippen molar-refractivity contribution in [1.29, 1.82) is 0 Å². The summed E-state index contributed by atoms with van der Waals surface area (Å²) in [6.45, 7) is 7.78. The SMILES string of the molecule is CCC[C@H](C)NC(=O)Oc1ccc(-c2nc([C@H]3CC[C@H](N(C)CCOC)CC3)n3ccnc(C)c23)cc1OC. The van der Waals surface area contributed by atoms with Crippen LogP contribution in [-0.4, -0.2) is 71.9 Å². The van der Waals surface area contributed by atoms with E-state index >= 15 is 0 Å². The summed E-state index contributed by atoms with van der Waals surface area (Å²) in [5.41, 5.74) is 3.67. The molecule has 3 aromatic rings. The number of aromatic nitrogens is 3. The number of nitrogens with one attached hydrogen (secondary N) is 1. The van der Waals surface area contributed by atoms with Gasteiger partial charge in [0.15, 0.2) is 11.5 Å². The maximum atomic E-state index is 12.4. The first-order valence-corrected chi connectivity index (χ1v) is 14.1. The van der Waals surface area contributed by atoms with Gasteiger partial charge in [0.05, 0.1) is 30.6 Å². The van der Waals surface area contributed by atoms with E-state index in [1.165, 1.54) is 0 Å². The fourth-order valence-corrected chi connectivity index (χ4v) is 5.64. The molecule has 0 aliphatic heterocycles. The highest BCUT2D eigenvalue weighted by molar-refractivity contribution is 5.81. The maximum Gasteiger partial charge on any atom is 0.412 e. The average Bonchev–Trinajstić information content (AvgIpc) is 3.33. The van der Waals surface area contributed by atoms with Gasteiger partial charge in [-0.25, -0.2) is 9.78 Å². The first-order chi connectivity index (χ1) is 18.9. The van der Waals surface area contributed by atoms with Crippen LogP contribution in [0.5, 0.6) is 11.5 Å². The molecule has 1 amide bonds. The molecule has 1 saturated carbocycles. The molecule has 9 heteroatoms. The number of carbonyl (C=O) groups excluding carboxylic acids is 1. The van der Waals surface area contributed by atoms with Crippen LogP contribution in [0.4, 0.5) is 4.79 Å². The number of fused-ring (bicyclic) bond motifs is 1. The largest absolute Gasteiger partial charge is 0.493 e. The first kappa shape index (κ1) is 28.8. The van der Waals surface area contributed by atoms with E-state index < -0.39 is 6.09 Å². The lowest BCUT2D eigenvalue weighted by Gasteiger charge is -2.34. The third-order valence-electron chi connectivity index (χ3n) is 7.82. The third kappa shape index (κ3) is 6.70. The fraction of sp³-hybridized carbons (Fsp3) is 0.567. The molecule has 0 unspecified atom stereocenters. The van der Waals surface area contributed by atoms with Crippen molar-refractivity contribution in [3.63, 3.8) is 0 Å². The summed E-state index contributed by atoms with van der Waals surface area (Å²) >= 11 is 0. The Labute approximate surface area is 231 Å².